The minimum Gasteiger partial charge on any atom is -0.466 e. The molecule has 1 unspecified atom stereocenters. The molecule has 1 fully saturated rings. The normalized spacial score (nSPS) is 16.6. The molecule has 1 atom stereocenters. The molecule has 1 amide bonds. The molecule has 4 aromatic rings. The first kappa shape index (κ1) is 25.0. The molecule has 2 N–H and O–H groups in total. The average molecular weight is 522 g/mol. The van der Waals surface area contributed by atoms with Crippen molar-refractivity contribution in [2.75, 3.05) is 19.3 Å². The highest BCUT2D eigenvalue weighted by atomic mass is 32.2. The minimum absolute atomic E-state index is 0.0576. The van der Waals surface area contributed by atoms with Crippen LogP contribution in [0.2, 0.25) is 0 Å². The summed E-state index contributed by atoms with van der Waals surface area (Å²) in [5, 5.41) is 6.38. The highest BCUT2D eigenvalue weighted by Gasteiger charge is 2.46. The molecule has 4 heterocycles. The van der Waals surface area contributed by atoms with Crippen LogP contribution in [-0.2, 0) is 6.54 Å². The van der Waals surface area contributed by atoms with E-state index in [4.69, 9.17) is 9.72 Å². The number of carbonyl (C=O) groups excluding carboxylic acids is 1. The Hall–Kier alpha value is -3.63. The summed E-state index contributed by atoms with van der Waals surface area (Å²) in [4.78, 5) is 27.2. The number of aromatic nitrogens is 3. The van der Waals surface area contributed by atoms with Crippen molar-refractivity contribution in [2.45, 2.75) is 30.4 Å². The van der Waals surface area contributed by atoms with Gasteiger partial charge in [0, 0.05) is 34.7 Å². The predicted molar refractivity (Wildman–Crippen MR) is 139 cm³/mol. The summed E-state index contributed by atoms with van der Waals surface area (Å²) in [6.07, 6.45) is 2.41. The Morgan fingerprint density at radius 2 is 2.00 bits per heavy atom. The number of thioether (sulfide) groups is 1. The number of halogens is 2. The van der Waals surface area contributed by atoms with E-state index in [9.17, 15) is 13.6 Å². The van der Waals surface area contributed by atoms with E-state index in [1.165, 1.54) is 0 Å². The molecule has 0 bridgehead atoms. The van der Waals surface area contributed by atoms with Crippen LogP contribution >= 0.6 is 11.8 Å². The van der Waals surface area contributed by atoms with Crippen LogP contribution < -0.4 is 15.4 Å². The van der Waals surface area contributed by atoms with Crippen molar-refractivity contribution in [1.82, 2.24) is 25.6 Å². The zero-order chi connectivity index (χ0) is 26.0. The van der Waals surface area contributed by atoms with Crippen molar-refractivity contribution in [1.29, 1.82) is 0 Å². The third-order valence-electron chi connectivity index (χ3n) is 6.14. The van der Waals surface area contributed by atoms with Gasteiger partial charge < -0.3 is 15.4 Å². The Balaban J connectivity index is 1.32. The first-order valence-corrected chi connectivity index (χ1v) is 13.0. The Morgan fingerprint density at radius 1 is 1.16 bits per heavy atom. The number of aryl methyl sites for hydroxylation is 1. The first-order chi connectivity index (χ1) is 17.8. The maximum Gasteiger partial charge on any atom is 0.297 e. The predicted octanol–water partition coefficient (Wildman–Crippen LogP) is 4.64. The van der Waals surface area contributed by atoms with Crippen LogP contribution in [0.25, 0.3) is 22.3 Å². The first-order valence-electron chi connectivity index (χ1n) is 11.7. The molecular weight excluding hydrogens is 496 g/mol. The van der Waals surface area contributed by atoms with E-state index >= 15 is 0 Å². The highest BCUT2D eigenvalue weighted by Crippen LogP contribution is 2.28. The number of hydrogen-bond donors (Lipinski definition) is 2. The van der Waals surface area contributed by atoms with Gasteiger partial charge in [-0.1, -0.05) is 12.1 Å². The standard InChI is InChI=1S/C27H25F2N5O2S/c1-16-6-7-17(10-23(16)37-2)26(35)32-13-19-11-22-18(12-31-19)8-9-21(33-22)20-4-3-5-25(34-20)36-24-14-30-15-27(24,28)29/h3-12,24,30H,13-15H2,1-2H3,(H,32,35). The van der Waals surface area contributed by atoms with Gasteiger partial charge in [-0.15, -0.1) is 11.8 Å². The molecule has 0 radical (unpaired) electrons. The Morgan fingerprint density at radius 3 is 2.78 bits per heavy atom. The van der Waals surface area contributed by atoms with Gasteiger partial charge in [0.05, 0.1) is 35.7 Å². The lowest BCUT2D eigenvalue weighted by Gasteiger charge is -2.19. The smallest absolute Gasteiger partial charge is 0.297 e. The second-order valence-corrected chi connectivity index (χ2v) is 9.64. The van der Waals surface area contributed by atoms with Gasteiger partial charge in [0.15, 0.2) is 6.10 Å². The van der Waals surface area contributed by atoms with Gasteiger partial charge in [0.25, 0.3) is 11.8 Å². The number of hydrogen-bond acceptors (Lipinski definition) is 7. The number of pyridine rings is 3. The van der Waals surface area contributed by atoms with E-state index in [-0.39, 0.29) is 24.9 Å². The van der Waals surface area contributed by atoms with E-state index in [0.29, 0.717) is 28.2 Å². The molecule has 0 spiro atoms. The Labute approximate surface area is 217 Å². The fourth-order valence-electron chi connectivity index (χ4n) is 4.06. The molecule has 1 aliphatic rings. The molecule has 37 heavy (non-hydrogen) atoms. The maximum atomic E-state index is 13.9. The number of amides is 1. The highest BCUT2D eigenvalue weighted by molar-refractivity contribution is 7.98. The lowest BCUT2D eigenvalue weighted by molar-refractivity contribution is -0.0612. The van der Waals surface area contributed by atoms with Crippen LogP contribution in [0, 0.1) is 6.92 Å². The molecule has 3 aromatic heterocycles. The van der Waals surface area contributed by atoms with Crippen molar-refractivity contribution in [3.8, 4) is 17.3 Å². The van der Waals surface area contributed by atoms with Crippen LogP contribution in [0.3, 0.4) is 0 Å². The summed E-state index contributed by atoms with van der Waals surface area (Å²) in [5.74, 6) is -3.01. The third-order valence-corrected chi connectivity index (χ3v) is 7.02. The van der Waals surface area contributed by atoms with Crippen LogP contribution in [0.4, 0.5) is 8.78 Å². The van der Waals surface area contributed by atoms with E-state index < -0.39 is 18.6 Å². The van der Waals surface area contributed by atoms with Gasteiger partial charge >= 0.3 is 0 Å². The van der Waals surface area contributed by atoms with Crippen molar-refractivity contribution in [2.24, 2.45) is 0 Å². The summed E-state index contributed by atoms with van der Waals surface area (Å²) in [6, 6.07) is 16.1. The number of benzene rings is 1. The van der Waals surface area contributed by atoms with Gasteiger partial charge in [-0.25, -0.2) is 18.7 Å². The van der Waals surface area contributed by atoms with Crippen molar-refractivity contribution in [3.63, 3.8) is 0 Å². The lowest BCUT2D eigenvalue weighted by Crippen LogP contribution is -2.36. The average Bonchev–Trinajstić information content (AvgIpc) is 3.24. The Kier molecular flexibility index (Phi) is 7.03. The number of alkyl halides is 2. The molecule has 1 aromatic carbocycles. The second kappa shape index (κ2) is 10.4. The number of nitrogens with zero attached hydrogens (tertiary/aromatic N) is 3. The molecule has 5 rings (SSSR count). The SMILES string of the molecule is CSc1cc(C(=O)NCc2cc3nc(-c4cccc(OC5CNCC5(F)F)n4)ccc3cn2)ccc1C. The van der Waals surface area contributed by atoms with Gasteiger partial charge in [-0.2, -0.15) is 0 Å². The van der Waals surface area contributed by atoms with Crippen LogP contribution in [0.1, 0.15) is 21.6 Å². The minimum atomic E-state index is -2.95. The fourth-order valence-corrected chi connectivity index (χ4v) is 4.70. The van der Waals surface area contributed by atoms with Crippen molar-refractivity contribution < 1.29 is 18.3 Å². The van der Waals surface area contributed by atoms with Crippen molar-refractivity contribution in [3.05, 3.63) is 77.6 Å². The molecule has 7 nitrogen and oxygen atoms in total. The maximum absolute atomic E-state index is 13.9. The topological polar surface area (TPSA) is 89.0 Å². The summed E-state index contributed by atoms with van der Waals surface area (Å²) >= 11 is 1.60. The monoisotopic (exact) mass is 521 g/mol. The molecule has 1 aliphatic heterocycles. The second-order valence-electron chi connectivity index (χ2n) is 8.79. The Bertz CT molecular complexity index is 1470. The van der Waals surface area contributed by atoms with Gasteiger partial charge in [-0.05, 0) is 55.1 Å². The van der Waals surface area contributed by atoms with E-state index in [1.807, 2.05) is 37.4 Å². The molecular formula is C27H25F2N5O2S. The van der Waals surface area contributed by atoms with E-state index in [2.05, 4.69) is 20.6 Å². The molecule has 190 valence electrons. The zero-order valence-electron chi connectivity index (χ0n) is 20.3. The fraction of sp³-hybridized carbons (Fsp3) is 0.259. The summed E-state index contributed by atoms with van der Waals surface area (Å²) in [5.41, 5.74) is 4.13. The number of nitrogens with one attached hydrogen (secondary N) is 2. The van der Waals surface area contributed by atoms with E-state index in [0.717, 1.165) is 15.8 Å². The van der Waals surface area contributed by atoms with Gasteiger partial charge in [0.2, 0.25) is 5.88 Å². The number of fused-ring (bicyclic) bond motifs is 1. The summed E-state index contributed by atoms with van der Waals surface area (Å²) < 4.78 is 33.3. The molecule has 1 saturated heterocycles. The van der Waals surface area contributed by atoms with Crippen LogP contribution in [0.15, 0.2) is 65.7 Å². The number of rotatable bonds is 7. The quantitative estimate of drug-likeness (QED) is 0.343. The zero-order valence-corrected chi connectivity index (χ0v) is 21.1. The van der Waals surface area contributed by atoms with E-state index in [1.54, 1.807) is 48.3 Å². The van der Waals surface area contributed by atoms with Crippen LogP contribution in [-0.4, -0.2) is 52.2 Å². The lowest BCUT2D eigenvalue weighted by atomic mass is 10.1. The molecule has 0 saturated carbocycles. The van der Waals surface area contributed by atoms with Crippen molar-refractivity contribution >= 4 is 28.6 Å². The number of carbonyl (C=O) groups is 1. The van der Waals surface area contributed by atoms with Gasteiger partial charge in [0.1, 0.15) is 0 Å². The van der Waals surface area contributed by atoms with Gasteiger partial charge in [-0.3, -0.25) is 9.78 Å². The molecule has 0 aliphatic carbocycles. The number of ether oxygens (including phenoxy) is 1. The summed E-state index contributed by atoms with van der Waals surface area (Å²) in [7, 11) is 0. The summed E-state index contributed by atoms with van der Waals surface area (Å²) in [6.45, 7) is 1.90. The third kappa shape index (κ3) is 5.55. The molecule has 10 heteroatoms. The van der Waals surface area contributed by atoms with Crippen LogP contribution in [0.5, 0.6) is 5.88 Å². The largest absolute Gasteiger partial charge is 0.466 e.